The highest BCUT2D eigenvalue weighted by atomic mass is 32.2. The standard InChI is InChI=1S/C12H14N4O2S/c1-3-18-11(17)8-19-12-13-6-4-9(14-12)10-5-7-16(2)15-10/h4-7H,3,8H2,1-2H3. The lowest BCUT2D eigenvalue weighted by Gasteiger charge is -2.02. The molecule has 0 aromatic carbocycles. The van der Waals surface area contributed by atoms with Crippen molar-refractivity contribution < 1.29 is 9.53 Å². The molecule has 2 heterocycles. The van der Waals surface area contributed by atoms with Crippen molar-refractivity contribution in [3.8, 4) is 11.4 Å². The average Bonchev–Trinajstić information content (AvgIpc) is 2.84. The number of aromatic nitrogens is 4. The molecule has 0 atom stereocenters. The molecule has 0 saturated carbocycles. The Hall–Kier alpha value is -1.89. The summed E-state index contributed by atoms with van der Waals surface area (Å²) in [6.07, 6.45) is 3.51. The van der Waals surface area contributed by atoms with E-state index < -0.39 is 0 Å². The van der Waals surface area contributed by atoms with Crippen LogP contribution in [0.3, 0.4) is 0 Å². The zero-order valence-electron chi connectivity index (χ0n) is 10.7. The largest absolute Gasteiger partial charge is 0.465 e. The number of aryl methyl sites for hydroxylation is 1. The molecule has 7 heteroatoms. The van der Waals surface area contributed by atoms with E-state index in [0.717, 1.165) is 11.4 Å². The molecule has 0 bridgehead atoms. The minimum atomic E-state index is -0.265. The third kappa shape index (κ3) is 3.78. The minimum Gasteiger partial charge on any atom is -0.465 e. The van der Waals surface area contributed by atoms with Crippen molar-refractivity contribution in [2.24, 2.45) is 7.05 Å². The van der Waals surface area contributed by atoms with Gasteiger partial charge in [0.15, 0.2) is 5.16 Å². The zero-order chi connectivity index (χ0) is 13.7. The molecule has 0 unspecified atom stereocenters. The Morgan fingerprint density at radius 3 is 2.95 bits per heavy atom. The molecule has 0 radical (unpaired) electrons. The maximum Gasteiger partial charge on any atom is 0.316 e. The van der Waals surface area contributed by atoms with E-state index in [1.165, 1.54) is 11.8 Å². The van der Waals surface area contributed by atoms with Gasteiger partial charge in [-0.15, -0.1) is 0 Å². The summed E-state index contributed by atoms with van der Waals surface area (Å²) in [5.74, 6) is -0.0567. The predicted molar refractivity (Wildman–Crippen MR) is 71.6 cm³/mol. The van der Waals surface area contributed by atoms with Gasteiger partial charge in [0, 0.05) is 19.4 Å². The van der Waals surface area contributed by atoms with Crippen LogP contribution in [0.25, 0.3) is 11.4 Å². The van der Waals surface area contributed by atoms with Gasteiger partial charge < -0.3 is 4.74 Å². The number of rotatable bonds is 5. The Labute approximate surface area is 115 Å². The summed E-state index contributed by atoms with van der Waals surface area (Å²) in [7, 11) is 1.85. The van der Waals surface area contributed by atoms with Crippen LogP contribution in [0.15, 0.2) is 29.7 Å². The lowest BCUT2D eigenvalue weighted by molar-refractivity contribution is -0.139. The van der Waals surface area contributed by atoms with Gasteiger partial charge in [0.1, 0.15) is 5.69 Å². The Morgan fingerprint density at radius 1 is 1.42 bits per heavy atom. The van der Waals surface area contributed by atoms with Crippen LogP contribution < -0.4 is 0 Å². The first-order valence-corrected chi connectivity index (χ1v) is 6.79. The van der Waals surface area contributed by atoms with Crippen molar-refractivity contribution >= 4 is 17.7 Å². The van der Waals surface area contributed by atoms with Crippen molar-refractivity contribution in [3.63, 3.8) is 0 Å². The van der Waals surface area contributed by atoms with Gasteiger partial charge in [0.05, 0.1) is 18.1 Å². The summed E-state index contributed by atoms with van der Waals surface area (Å²) in [6.45, 7) is 2.16. The molecule has 0 fully saturated rings. The average molecular weight is 278 g/mol. The van der Waals surface area contributed by atoms with Crippen LogP contribution in [0.4, 0.5) is 0 Å². The Bertz CT molecular complexity index is 570. The van der Waals surface area contributed by atoms with Crippen LogP contribution in [-0.2, 0) is 16.6 Å². The number of thioether (sulfide) groups is 1. The fourth-order valence-electron chi connectivity index (χ4n) is 1.43. The highest BCUT2D eigenvalue weighted by Crippen LogP contribution is 2.18. The topological polar surface area (TPSA) is 69.9 Å². The van der Waals surface area contributed by atoms with Crippen molar-refractivity contribution in [3.05, 3.63) is 24.5 Å². The van der Waals surface area contributed by atoms with Gasteiger partial charge in [0.2, 0.25) is 0 Å². The third-order valence-corrected chi connectivity index (χ3v) is 3.07. The number of hydrogen-bond donors (Lipinski definition) is 0. The molecule has 0 aliphatic rings. The molecule has 2 aromatic rings. The monoisotopic (exact) mass is 278 g/mol. The number of hydrogen-bond acceptors (Lipinski definition) is 6. The van der Waals surface area contributed by atoms with E-state index in [4.69, 9.17) is 4.74 Å². The van der Waals surface area contributed by atoms with Crippen molar-refractivity contribution in [2.75, 3.05) is 12.4 Å². The van der Waals surface area contributed by atoms with E-state index >= 15 is 0 Å². The number of carbonyl (C=O) groups is 1. The van der Waals surface area contributed by atoms with Crippen LogP contribution in [0, 0.1) is 0 Å². The van der Waals surface area contributed by atoms with Crippen LogP contribution >= 0.6 is 11.8 Å². The third-order valence-electron chi connectivity index (χ3n) is 2.23. The summed E-state index contributed by atoms with van der Waals surface area (Å²) in [6, 6.07) is 3.67. The number of carbonyl (C=O) groups excluding carboxylic acids is 1. The first-order chi connectivity index (χ1) is 9.19. The quantitative estimate of drug-likeness (QED) is 0.469. The van der Waals surface area contributed by atoms with Gasteiger partial charge in [-0.2, -0.15) is 5.10 Å². The summed E-state index contributed by atoms with van der Waals surface area (Å²) in [5, 5.41) is 4.81. The molecule has 0 aliphatic heterocycles. The molecular formula is C12H14N4O2S. The van der Waals surface area contributed by atoms with E-state index in [1.54, 1.807) is 23.9 Å². The van der Waals surface area contributed by atoms with Gasteiger partial charge in [-0.05, 0) is 19.1 Å². The lowest BCUT2D eigenvalue weighted by atomic mass is 10.3. The van der Waals surface area contributed by atoms with Gasteiger partial charge >= 0.3 is 5.97 Å². The van der Waals surface area contributed by atoms with E-state index in [9.17, 15) is 4.79 Å². The SMILES string of the molecule is CCOC(=O)CSc1nccc(-c2ccn(C)n2)n1. The molecule has 0 N–H and O–H groups in total. The van der Waals surface area contributed by atoms with E-state index in [-0.39, 0.29) is 11.7 Å². The van der Waals surface area contributed by atoms with Gasteiger partial charge in [-0.1, -0.05) is 11.8 Å². The number of esters is 1. The van der Waals surface area contributed by atoms with Crippen LogP contribution in [0.2, 0.25) is 0 Å². The molecule has 2 aromatic heterocycles. The highest BCUT2D eigenvalue weighted by molar-refractivity contribution is 7.99. The summed E-state index contributed by atoms with van der Waals surface area (Å²) >= 11 is 1.25. The smallest absolute Gasteiger partial charge is 0.316 e. The van der Waals surface area contributed by atoms with Crippen molar-refractivity contribution in [1.82, 2.24) is 19.7 Å². The molecule has 0 spiro atoms. The second-order valence-corrected chi connectivity index (χ2v) is 4.64. The van der Waals surface area contributed by atoms with Gasteiger partial charge in [-0.3, -0.25) is 9.48 Å². The van der Waals surface area contributed by atoms with E-state index in [0.29, 0.717) is 11.8 Å². The van der Waals surface area contributed by atoms with Crippen LogP contribution in [0.1, 0.15) is 6.92 Å². The second-order valence-electron chi connectivity index (χ2n) is 3.69. The summed E-state index contributed by atoms with van der Waals surface area (Å²) in [4.78, 5) is 19.7. The fourth-order valence-corrected chi connectivity index (χ4v) is 2.06. The number of nitrogens with zero attached hydrogens (tertiary/aromatic N) is 4. The van der Waals surface area contributed by atoms with Crippen molar-refractivity contribution in [2.45, 2.75) is 12.1 Å². The molecule has 19 heavy (non-hydrogen) atoms. The normalized spacial score (nSPS) is 10.4. The van der Waals surface area contributed by atoms with Gasteiger partial charge in [-0.25, -0.2) is 9.97 Å². The Morgan fingerprint density at radius 2 is 2.26 bits per heavy atom. The summed E-state index contributed by atoms with van der Waals surface area (Å²) < 4.78 is 6.56. The molecule has 0 saturated heterocycles. The fraction of sp³-hybridized carbons (Fsp3) is 0.333. The molecule has 0 amide bonds. The first-order valence-electron chi connectivity index (χ1n) is 5.80. The van der Waals surface area contributed by atoms with Crippen LogP contribution in [-0.4, -0.2) is 38.1 Å². The molecule has 6 nitrogen and oxygen atoms in total. The minimum absolute atomic E-state index is 0.208. The highest BCUT2D eigenvalue weighted by Gasteiger charge is 2.08. The van der Waals surface area contributed by atoms with Gasteiger partial charge in [0.25, 0.3) is 0 Å². The maximum atomic E-state index is 11.3. The first kappa shape index (κ1) is 13.5. The zero-order valence-corrected chi connectivity index (χ0v) is 11.6. The number of ether oxygens (including phenoxy) is 1. The lowest BCUT2D eigenvalue weighted by Crippen LogP contribution is -2.07. The second kappa shape index (κ2) is 6.33. The predicted octanol–water partition coefficient (Wildman–Crippen LogP) is 1.53. The maximum absolute atomic E-state index is 11.3. The van der Waals surface area contributed by atoms with Crippen molar-refractivity contribution in [1.29, 1.82) is 0 Å². The van der Waals surface area contributed by atoms with E-state index in [1.807, 2.05) is 19.3 Å². The summed E-state index contributed by atoms with van der Waals surface area (Å²) in [5.41, 5.74) is 1.52. The van der Waals surface area contributed by atoms with E-state index in [2.05, 4.69) is 15.1 Å². The molecule has 2 rings (SSSR count). The Balaban J connectivity index is 2.05. The molecule has 100 valence electrons. The molecular weight excluding hydrogens is 264 g/mol. The Kier molecular flexibility index (Phi) is 4.51. The molecule has 0 aliphatic carbocycles. The van der Waals surface area contributed by atoms with Crippen LogP contribution in [0.5, 0.6) is 0 Å².